The van der Waals surface area contributed by atoms with E-state index in [0.717, 1.165) is 12.2 Å². The van der Waals surface area contributed by atoms with Crippen molar-refractivity contribution in [2.45, 2.75) is 37.5 Å². The zero-order chi connectivity index (χ0) is 10.3. The Hall–Kier alpha value is -1.05. The fraction of sp³-hybridized carbons (Fsp3) is 0.538. The van der Waals surface area contributed by atoms with Gasteiger partial charge in [-0.15, -0.1) is 0 Å². The number of nitrogens with one attached hydrogen (secondary N) is 1. The van der Waals surface area contributed by atoms with Crippen LogP contribution in [0.5, 0.6) is 0 Å². The summed E-state index contributed by atoms with van der Waals surface area (Å²) in [7, 11) is 0. The second kappa shape index (κ2) is 3.22. The standard InChI is InChI=1S/C13H16FN/c14-10-4-5-11-12(8-10)15-9-13(11)6-2-1-3-7-13/h4-5,8,15H,1-3,6-7,9H2. The van der Waals surface area contributed by atoms with Crippen molar-refractivity contribution in [3.63, 3.8) is 0 Å². The van der Waals surface area contributed by atoms with Crippen molar-refractivity contribution in [2.75, 3.05) is 11.9 Å². The maximum atomic E-state index is 13.1. The molecular formula is C13H16FN. The third kappa shape index (κ3) is 1.35. The fourth-order valence-electron chi connectivity index (χ4n) is 3.16. The van der Waals surface area contributed by atoms with Crippen molar-refractivity contribution < 1.29 is 4.39 Å². The zero-order valence-electron chi connectivity index (χ0n) is 8.85. The molecular weight excluding hydrogens is 189 g/mol. The second-order valence-electron chi connectivity index (χ2n) is 4.88. The van der Waals surface area contributed by atoms with Gasteiger partial charge in [0.15, 0.2) is 0 Å². The van der Waals surface area contributed by atoms with Crippen molar-refractivity contribution >= 4 is 5.69 Å². The first-order valence-electron chi connectivity index (χ1n) is 5.84. The van der Waals surface area contributed by atoms with Crippen LogP contribution in [0.25, 0.3) is 0 Å². The highest BCUT2D eigenvalue weighted by Crippen LogP contribution is 2.46. The number of fused-ring (bicyclic) bond motifs is 2. The Bertz CT molecular complexity index is 380. The molecule has 1 saturated carbocycles. The number of benzene rings is 1. The first-order valence-corrected chi connectivity index (χ1v) is 5.84. The second-order valence-corrected chi connectivity index (χ2v) is 4.88. The highest BCUT2D eigenvalue weighted by Gasteiger charge is 2.39. The topological polar surface area (TPSA) is 12.0 Å². The van der Waals surface area contributed by atoms with E-state index in [0.29, 0.717) is 5.41 Å². The van der Waals surface area contributed by atoms with Crippen LogP contribution in [0, 0.1) is 5.82 Å². The SMILES string of the molecule is Fc1ccc2c(c1)NCC21CCCCC1. The average molecular weight is 205 g/mol. The van der Waals surface area contributed by atoms with Gasteiger partial charge in [-0.2, -0.15) is 0 Å². The molecule has 0 radical (unpaired) electrons. The van der Waals surface area contributed by atoms with Gasteiger partial charge in [-0.25, -0.2) is 4.39 Å². The van der Waals surface area contributed by atoms with Gasteiger partial charge in [0.1, 0.15) is 5.82 Å². The van der Waals surface area contributed by atoms with Gasteiger partial charge in [-0.1, -0.05) is 25.3 Å². The summed E-state index contributed by atoms with van der Waals surface area (Å²) in [6.45, 7) is 1.01. The average Bonchev–Trinajstić information content (AvgIpc) is 2.58. The van der Waals surface area contributed by atoms with Gasteiger partial charge in [0, 0.05) is 17.6 Å². The van der Waals surface area contributed by atoms with Gasteiger partial charge >= 0.3 is 0 Å². The molecule has 1 aliphatic heterocycles. The maximum Gasteiger partial charge on any atom is 0.125 e. The molecule has 0 aromatic heterocycles. The molecule has 0 unspecified atom stereocenters. The summed E-state index contributed by atoms with van der Waals surface area (Å²) in [4.78, 5) is 0. The van der Waals surface area contributed by atoms with Crippen LogP contribution in [0.15, 0.2) is 18.2 Å². The quantitative estimate of drug-likeness (QED) is 0.684. The minimum absolute atomic E-state index is 0.130. The van der Waals surface area contributed by atoms with E-state index in [1.54, 1.807) is 12.1 Å². The van der Waals surface area contributed by atoms with E-state index in [2.05, 4.69) is 5.32 Å². The summed E-state index contributed by atoms with van der Waals surface area (Å²) in [5, 5.41) is 3.36. The molecule has 1 N–H and O–H groups in total. The number of anilines is 1. The molecule has 1 fully saturated rings. The molecule has 2 heteroatoms. The first kappa shape index (κ1) is 9.20. The monoisotopic (exact) mass is 205 g/mol. The van der Waals surface area contributed by atoms with Crippen LogP contribution in [-0.4, -0.2) is 6.54 Å². The molecule has 2 aliphatic rings. The molecule has 1 aromatic carbocycles. The smallest absolute Gasteiger partial charge is 0.125 e. The summed E-state index contributed by atoms with van der Waals surface area (Å²) >= 11 is 0. The molecule has 0 saturated heterocycles. The van der Waals surface area contributed by atoms with Gasteiger partial charge in [-0.3, -0.25) is 0 Å². The lowest BCUT2D eigenvalue weighted by Crippen LogP contribution is -2.30. The Labute approximate surface area is 89.7 Å². The first-order chi connectivity index (χ1) is 7.30. The summed E-state index contributed by atoms with van der Waals surface area (Å²) in [5.41, 5.74) is 2.70. The summed E-state index contributed by atoms with van der Waals surface area (Å²) in [6.07, 6.45) is 6.52. The van der Waals surface area contributed by atoms with Crippen molar-refractivity contribution in [1.29, 1.82) is 0 Å². The van der Waals surface area contributed by atoms with Gasteiger partial charge in [-0.05, 0) is 30.5 Å². The zero-order valence-corrected chi connectivity index (χ0v) is 8.85. The minimum atomic E-state index is -0.130. The highest BCUT2D eigenvalue weighted by atomic mass is 19.1. The van der Waals surface area contributed by atoms with Crippen LogP contribution >= 0.6 is 0 Å². The number of rotatable bonds is 0. The lowest BCUT2D eigenvalue weighted by atomic mass is 9.71. The molecule has 1 spiro atoms. The molecule has 15 heavy (non-hydrogen) atoms. The van der Waals surface area contributed by atoms with E-state index in [1.807, 2.05) is 6.07 Å². The van der Waals surface area contributed by atoms with Crippen LogP contribution in [-0.2, 0) is 5.41 Å². The van der Waals surface area contributed by atoms with Crippen molar-refractivity contribution in [3.05, 3.63) is 29.6 Å². The minimum Gasteiger partial charge on any atom is -0.384 e. The van der Waals surface area contributed by atoms with Crippen molar-refractivity contribution in [1.82, 2.24) is 0 Å². The Kier molecular flexibility index (Phi) is 1.98. The van der Waals surface area contributed by atoms with Crippen molar-refractivity contribution in [3.8, 4) is 0 Å². The maximum absolute atomic E-state index is 13.1. The lowest BCUT2D eigenvalue weighted by molar-refractivity contribution is 0.319. The number of hydrogen-bond donors (Lipinski definition) is 1. The van der Waals surface area contributed by atoms with Crippen LogP contribution in [0.4, 0.5) is 10.1 Å². The molecule has 80 valence electrons. The Morgan fingerprint density at radius 3 is 2.73 bits per heavy atom. The van der Waals surface area contributed by atoms with Crippen LogP contribution in [0.1, 0.15) is 37.7 Å². The number of hydrogen-bond acceptors (Lipinski definition) is 1. The van der Waals surface area contributed by atoms with Gasteiger partial charge in [0.25, 0.3) is 0 Å². The molecule has 1 aliphatic carbocycles. The fourth-order valence-corrected chi connectivity index (χ4v) is 3.16. The molecule has 1 heterocycles. The van der Waals surface area contributed by atoms with Gasteiger partial charge in [0.2, 0.25) is 0 Å². The predicted molar refractivity (Wildman–Crippen MR) is 59.7 cm³/mol. The Balaban J connectivity index is 2.03. The summed E-state index contributed by atoms with van der Waals surface area (Å²) in [6, 6.07) is 5.22. The van der Waals surface area contributed by atoms with E-state index >= 15 is 0 Å². The summed E-state index contributed by atoms with van der Waals surface area (Å²) < 4.78 is 13.1. The van der Waals surface area contributed by atoms with Crippen LogP contribution in [0.3, 0.4) is 0 Å². The molecule has 3 rings (SSSR count). The van der Waals surface area contributed by atoms with E-state index < -0.39 is 0 Å². The van der Waals surface area contributed by atoms with Gasteiger partial charge < -0.3 is 5.32 Å². The van der Waals surface area contributed by atoms with E-state index in [4.69, 9.17) is 0 Å². The van der Waals surface area contributed by atoms with Crippen LogP contribution in [0.2, 0.25) is 0 Å². The van der Waals surface area contributed by atoms with Crippen molar-refractivity contribution in [2.24, 2.45) is 0 Å². The largest absolute Gasteiger partial charge is 0.384 e. The highest BCUT2D eigenvalue weighted by molar-refractivity contribution is 5.60. The Morgan fingerprint density at radius 2 is 1.93 bits per heavy atom. The summed E-state index contributed by atoms with van der Waals surface area (Å²) in [5.74, 6) is -0.130. The number of halogens is 1. The third-order valence-electron chi connectivity index (χ3n) is 3.98. The molecule has 1 aromatic rings. The van der Waals surface area contributed by atoms with E-state index in [1.165, 1.54) is 37.7 Å². The normalized spacial score (nSPS) is 22.5. The van der Waals surface area contributed by atoms with E-state index in [9.17, 15) is 4.39 Å². The van der Waals surface area contributed by atoms with Gasteiger partial charge in [0.05, 0.1) is 0 Å². The lowest BCUT2D eigenvalue weighted by Gasteiger charge is -2.33. The molecule has 0 bridgehead atoms. The third-order valence-corrected chi connectivity index (χ3v) is 3.98. The molecule has 0 atom stereocenters. The molecule has 0 amide bonds. The Morgan fingerprint density at radius 1 is 1.13 bits per heavy atom. The van der Waals surface area contributed by atoms with Crippen LogP contribution < -0.4 is 5.32 Å². The van der Waals surface area contributed by atoms with E-state index in [-0.39, 0.29) is 5.82 Å². The predicted octanol–water partition coefficient (Wildman–Crippen LogP) is 3.45. The molecule has 1 nitrogen and oxygen atoms in total.